The Balaban J connectivity index is 1.36. The Bertz CT molecular complexity index is 903. The summed E-state index contributed by atoms with van der Waals surface area (Å²) in [5.74, 6) is -0.0485. The molecule has 5 rings (SSSR count). The van der Waals surface area contributed by atoms with Crippen molar-refractivity contribution < 1.29 is 33.4 Å². The van der Waals surface area contributed by atoms with Crippen molar-refractivity contribution in [2.75, 3.05) is 26.1 Å². The van der Waals surface area contributed by atoms with Crippen LogP contribution in [-0.4, -0.2) is 44.6 Å². The molecule has 8 heteroatoms. The van der Waals surface area contributed by atoms with E-state index in [9.17, 15) is 19.2 Å². The second-order valence-electron chi connectivity index (χ2n) is 9.55. The van der Waals surface area contributed by atoms with E-state index in [1.807, 2.05) is 0 Å². The third kappa shape index (κ3) is 4.64. The molecule has 172 valence electrons. The molecule has 4 saturated carbocycles. The summed E-state index contributed by atoms with van der Waals surface area (Å²) in [6, 6.07) is 4.10. The van der Waals surface area contributed by atoms with Crippen molar-refractivity contribution in [1.82, 2.24) is 0 Å². The highest BCUT2D eigenvalue weighted by Gasteiger charge is 2.51. The van der Waals surface area contributed by atoms with Crippen molar-refractivity contribution in [3.05, 3.63) is 29.3 Å². The highest BCUT2D eigenvalue weighted by Crippen LogP contribution is 2.61. The normalized spacial score (nSPS) is 27.5. The summed E-state index contributed by atoms with van der Waals surface area (Å²) in [4.78, 5) is 48.8. The molecule has 4 fully saturated rings. The SMILES string of the molecule is COC(=O)c1ccc(C(=O)OC)c(NC(=O)COC(=O)CC23CC4CC(CC(C4)C2)C3)c1. The number of amides is 1. The van der Waals surface area contributed by atoms with Crippen molar-refractivity contribution in [3.8, 4) is 0 Å². The molecule has 1 N–H and O–H groups in total. The lowest BCUT2D eigenvalue weighted by Gasteiger charge is -2.56. The molecule has 0 saturated heterocycles. The highest BCUT2D eigenvalue weighted by molar-refractivity contribution is 6.04. The summed E-state index contributed by atoms with van der Waals surface area (Å²) < 4.78 is 14.7. The number of hydrogen-bond donors (Lipinski definition) is 1. The Labute approximate surface area is 187 Å². The van der Waals surface area contributed by atoms with Gasteiger partial charge in [-0.1, -0.05) is 0 Å². The molecule has 4 bridgehead atoms. The third-order valence-electron chi connectivity index (χ3n) is 7.17. The zero-order valence-electron chi connectivity index (χ0n) is 18.5. The van der Waals surface area contributed by atoms with Crippen molar-refractivity contribution >= 4 is 29.5 Å². The van der Waals surface area contributed by atoms with E-state index in [-0.39, 0.29) is 28.2 Å². The molecule has 1 aromatic rings. The van der Waals surface area contributed by atoms with Crippen molar-refractivity contribution in [1.29, 1.82) is 0 Å². The molecular formula is C24H29NO7. The largest absolute Gasteiger partial charge is 0.465 e. The van der Waals surface area contributed by atoms with Crippen LogP contribution in [0.4, 0.5) is 5.69 Å². The molecular weight excluding hydrogens is 414 g/mol. The summed E-state index contributed by atoms with van der Waals surface area (Å²) in [6.07, 6.45) is 7.50. The van der Waals surface area contributed by atoms with Gasteiger partial charge >= 0.3 is 17.9 Å². The quantitative estimate of drug-likeness (QED) is 0.508. The monoisotopic (exact) mass is 443 g/mol. The summed E-state index contributed by atoms with van der Waals surface area (Å²) >= 11 is 0. The van der Waals surface area contributed by atoms with Crippen LogP contribution in [0.5, 0.6) is 0 Å². The van der Waals surface area contributed by atoms with Gasteiger partial charge in [-0.2, -0.15) is 0 Å². The van der Waals surface area contributed by atoms with Crippen molar-refractivity contribution in [2.45, 2.75) is 44.9 Å². The van der Waals surface area contributed by atoms with Gasteiger partial charge in [0.25, 0.3) is 5.91 Å². The second kappa shape index (κ2) is 8.92. The van der Waals surface area contributed by atoms with Crippen LogP contribution in [0.3, 0.4) is 0 Å². The Morgan fingerprint density at radius 2 is 1.53 bits per heavy atom. The maximum atomic E-state index is 12.6. The molecule has 0 spiro atoms. The van der Waals surface area contributed by atoms with Crippen LogP contribution in [0, 0.1) is 23.2 Å². The van der Waals surface area contributed by atoms with Crippen LogP contribution in [0.15, 0.2) is 18.2 Å². The molecule has 1 aromatic carbocycles. The number of nitrogens with one attached hydrogen (secondary N) is 1. The summed E-state index contributed by atoms with van der Waals surface area (Å²) in [5, 5.41) is 2.54. The molecule has 0 aromatic heterocycles. The topological polar surface area (TPSA) is 108 Å². The Morgan fingerprint density at radius 3 is 2.09 bits per heavy atom. The standard InChI is InChI=1S/C24H29NO7/c1-30-22(28)17-3-4-18(23(29)31-2)19(8-17)25-20(26)13-32-21(27)12-24-9-14-5-15(10-24)7-16(6-14)11-24/h3-4,8,14-16H,5-7,9-13H2,1-2H3,(H,25,26). The summed E-state index contributed by atoms with van der Waals surface area (Å²) in [5.41, 5.74) is 0.361. The molecule has 4 aliphatic carbocycles. The fourth-order valence-corrected chi connectivity index (χ4v) is 6.38. The fraction of sp³-hybridized carbons (Fsp3) is 0.583. The van der Waals surface area contributed by atoms with E-state index in [0.717, 1.165) is 37.0 Å². The van der Waals surface area contributed by atoms with Gasteiger partial charge in [-0.05, 0) is 79.9 Å². The first-order valence-corrected chi connectivity index (χ1v) is 11.1. The fourth-order valence-electron chi connectivity index (χ4n) is 6.38. The van der Waals surface area contributed by atoms with E-state index in [2.05, 4.69) is 10.1 Å². The first-order valence-electron chi connectivity index (χ1n) is 11.1. The molecule has 4 aliphatic rings. The van der Waals surface area contributed by atoms with E-state index >= 15 is 0 Å². The molecule has 0 radical (unpaired) electrons. The molecule has 0 atom stereocenters. The maximum absolute atomic E-state index is 12.6. The van der Waals surface area contributed by atoms with Gasteiger partial charge in [-0.15, -0.1) is 0 Å². The number of esters is 3. The second-order valence-corrected chi connectivity index (χ2v) is 9.55. The lowest BCUT2D eigenvalue weighted by atomic mass is 9.49. The van der Waals surface area contributed by atoms with E-state index in [1.165, 1.54) is 51.7 Å². The van der Waals surface area contributed by atoms with Gasteiger partial charge in [0.05, 0.1) is 37.5 Å². The smallest absolute Gasteiger partial charge is 0.339 e. The van der Waals surface area contributed by atoms with Crippen molar-refractivity contribution in [3.63, 3.8) is 0 Å². The van der Waals surface area contributed by atoms with Crippen LogP contribution in [0.2, 0.25) is 0 Å². The number of carbonyl (C=O) groups is 4. The number of carbonyl (C=O) groups excluding carboxylic acids is 4. The summed E-state index contributed by atoms with van der Waals surface area (Å²) in [6.45, 7) is -0.464. The van der Waals surface area contributed by atoms with E-state index in [4.69, 9.17) is 9.47 Å². The third-order valence-corrected chi connectivity index (χ3v) is 7.17. The van der Waals surface area contributed by atoms with Gasteiger partial charge in [0.1, 0.15) is 0 Å². The predicted molar refractivity (Wildman–Crippen MR) is 114 cm³/mol. The minimum absolute atomic E-state index is 0.0369. The zero-order valence-corrected chi connectivity index (χ0v) is 18.5. The lowest BCUT2D eigenvalue weighted by Crippen LogP contribution is -2.47. The predicted octanol–water partition coefficient (Wildman–Crippen LogP) is 3.35. The molecule has 0 unspecified atom stereocenters. The first-order chi connectivity index (χ1) is 15.3. The van der Waals surface area contributed by atoms with E-state index in [1.54, 1.807) is 0 Å². The van der Waals surface area contributed by atoms with E-state index in [0.29, 0.717) is 6.42 Å². The van der Waals surface area contributed by atoms with Gasteiger partial charge in [-0.25, -0.2) is 9.59 Å². The van der Waals surface area contributed by atoms with Gasteiger partial charge in [0.15, 0.2) is 6.61 Å². The molecule has 0 aliphatic heterocycles. The number of ether oxygens (including phenoxy) is 3. The first kappa shape index (κ1) is 22.3. The average Bonchev–Trinajstić information content (AvgIpc) is 2.75. The minimum atomic E-state index is -0.671. The molecule has 32 heavy (non-hydrogen) atoms. The zero-order chi connectivity index (χ0) is 22.9. The Kier molecular flexibility index (Phi) is 6.22. The Hall–Kier alpha value is -2.90. The number of hydrogen-bond acceptors (Lipinski definition) is 7. The number of rotatable bonds is 7. The molecule has 8 nitrogen and oxygen atoms in total. The molecule has 0 heterocycles. The van der Waals surface area contributed by atoms with Crippen LogP contribution in [0.1, 0.15) is 65.7 Å². The van der Waals surface area contributed by atoms with Crippen LogP contribution >= 0.6 is 0 Å². The van der Waals surface area contributed by atoms with Gasteiger partial charge in [-0.3, -0.25) is 9.59 Å². The van der Waals surface area contributed by atoms with Crippen LogP contribution < -0.4 is 5.32 Å². The van der Waals surface area contributed by atoms with Gasteiger partial charge in [0.2, 0.25) is 0 Å². The number of benzene rings is 1. The van der Waals surface area contributed by atoms with E-state index < -0.39 is 24.5 Å². The maximum Gasteiger partial charge on any atom is 0.339 e. The molecule has 1 amide bonds. The average molecular weight is 443 g/mol. The minimum Gasteiger partial charge on any atom is -0.465 e. The van der Waals surface area contributed by atoms with Crippen LogP contribution in [0.25, 0.3) is 0 Å². The lowest BCUT2D eigenvalue weighted by molar-refractivity contribution is -0.154. The van der Waals surface area contributed by atoms with Crippen LogP contribution in [-0.2, 0) is 23.8 Å². The van der Waals surface area contributed by atoms with Gasteiger partial charge < -0.3 is 19.5 Å². The number of anilines is 1. The summed E-state index contributed by atoms with van der Waals surface area (Å²) in [7, 11) is 2.45. The van der Waals surface area contributed by atoms with Gasteiger partial charge in [0, 0.05) is 0 Å². The number of methoxy groups -OCH3 is 2. The van der Waals surface area contributed by atoms with Crippen molar-refractivity contribution in [2.24, 2.45) is 23.2 Å². The Morgan fingerprint density at radius 1 is 0.938 bits per heavy atom. The highest BCUT2D eigenvalue weighted by atomic mass is 16.5.